The SMILES string of the molecule is c1ccc2cc(-c3ccc(-c4nc(-c5cccc6c5ccc5oc7ccccc7c56)nc(-c5cccc6oc7ccccc7c56)n4)cc3)ccc2c1. The van der Waals surface area contributed by atoms with Crippen LogP contribution in [0.4, 0.5) is 0 Å². The lowest BCUT2D eigenvalue weighted by Crippen LogP contribution is -2.01. The fourth-order valence-electron chi connectivity index (χ4n) is 7.66. The van der Waals surface area contributed by atoms with Crippen LogP contribution >= 0.6 is 0 Å². The smallest absolute Gasteiger partial charge is 0.164 e. The molecule has 0 saturated heterocycles. The normalized spacial score (nSPS) is 11.8. The fraction of sp³-hybridized carbons (Fsp3) is 0. The van der Waals surface area contributed by atoms with Crippen molar-refractivity contribution in [3.63, 3.8) is 0 Å². The van der Waals surface area contributed by atoms with Crippen LogP contribution < -0.4 is 0 Å². The predicted octanol–water partition coefficient (Wildman–Crippen LogP) is 12.6. The van der Waals surface area contributed by atoms with Crippen molar-refractivity contribution in [3.8, 4) is 45.3 Å². The summed E-state index contributed by atoms with van der Waals surface area (Å²) in [4.78, 5) is 15.6. The molecule has 0 saturated carbocycles. The number of hydrogen-bond acceptors (Lipinski definition) is 5. The number of rotatable bonds is 4. The molecule has 5 nitrogen and oxygen atoms in total. The van der Waals surface area contributed by atoms with Crippen LogP contribution in [-0.4, -0.2) is 15.0 Å². The van der Waals surface area contributed by atoms with E-state index in [9.17, 15) is 0 Å². The summed E-state index contributed by atoms with van der Waals surface area (Å²) in [5.74, 6) is 1.78. The third-order valence-corrected chi connectivity index (χ3v) is 10.1. The molecule has 0 N–H and O–H groups in total. The number of furan rings is 2. The standard InChI is InChI=1S/C47H27N3O2/c1-2-10-31-27-32(24-21-28(31)9-1)29-19-22-30(23-20-29)45-48-46(50-47(49-45)38-15-8-18-41-44(38)37-12-4-6-17-40(37)51-41)35-14-7-13-34-33(35)25-26-42-43(34)36-11-3-5-16-39(36)52-42/h1-27H. The Hall–Kier alpha value is -7.11. The van der Waals surface area contributed by atoms with Crippen molar-refractivity contribution in [2.45, 2.75) is 0 Å². The van der Waals surface area contributed by atoms with Crippen molar-refractivity contribution in [3.05, 3.63) is 164 Å². The van der Waals surface area contributed by atoms with Crippen molar-refractivity contribution in [1.29, 1.82) is 0 Å². The summed E-state index contributed by atoms with van der Waals surface area (Å²) < 4.78 is 12.5. The van der Waals surface area contributed by atoms with E-state index in [1.165, 1.54) is 10.8 Å². The molecule has 52 heavy (non-hydrogen) atoms. The number of aromatic nitrogens is 3. The minimum absolute atomic E-state index is 0.586. The van der Waals surface area contributed by atoms with Gasteiger partial charge in [-0.05, 0) is 69.1 Å². The monoisotopic (exact) mass is 665 g/mol. The van der Waals surface area contributed by atoms with Gasteiger partial charge in [0.1, 0.15) is 22.3 Å². The van der Waals surface area contributed by atoms with Gasteiger partial charge >= 0.3 is 0 Å². The highest BCUT2D eigenvalue weighted by molar-refractivity contribution is 6.20. The maximum absolute atomic E-state index is 6.27. The van der Waals surface area contributed by atoms with E-state index in [4.69, 9.17) is 23.8 Å². The lowest BCUT2D eigenvalue weighted by Gasteiger charge is -2.12. The molecule has 0 unspecified atom stereocenters. The van der Waals surface area contributed by atoms with Crippen LogP contribution in [0, 0.1) is 0 Å². The Bertz CT molecular complexity index is 3190. The summed E-state index contributed by atoms with van der Waals surface area (Å²) in [6.45, 7) is 0. The first-order valence-electron chi connectivity index (χ1n) is 17.3. The molecule has 0 fully saturated rings. The molecule has 242 valence electrons. The summed E-state index contributed by atoms with van der Waals surface area (Å²) in [5, 5.41) is 8.75. The molecule has 11 rings (SSSR count). The van der Waals surface area contributed by atoms with Gasteiger partial charge in [0.15, 0.2) is 17.5 Å². The minimum atomic E-state index is 0.586. The molecule has 0 radical (unpaired) electrons. The zero-order valence-electron chi connectivity index (χ0n) is 27.7. The highest BCUT2D eigenvalue weighted by Gasteiger charge is 2.20. The van der Waals surface area contributed by atoms with Crippen LogP contribution in [0.2, 0.25) is 0 Å². The molecule has 0 spiro atoms. The van der Waals surface area contributed by atoms with Gasteiger partial charge in [0.2, 0.25) is 0 Å². The number of benzene rings is 8. The molecule has 0 aliphatic heterocycles. The average molecular weight is 666 g/mol. The van der Waals surface area contributed by atoms with Crippen molar-refractivity contribution in [1.82, 2.24) is 15.0 Å². The highest BCUT2D eigenvalue weighted by Crippen LogP contribution is 2.40. The maximum atomic E-state index is 6.27. The van der Waals surface area contributed by atoms with Gasteiger partial charge in [-0.15, -0.1) is 0 Å². The molecule has 0 aliphatic carbocycles. The molecule has 8 aromatic carbocycles. The van der Waals surface area contributed by atoms with E-state index in [1.807, 2.05) is 48.5 Å². The Morgan fingerprint density at radius 1 is 0.308 bits per heavy atom. The molecule has 11 aromatic rings. The Labute approximate surface area is 297 Å². The summed E-state index contributed by atoms with van der Waals surface area (Å²) in [7, 11) is 0. The Balaban J connectivity index is 1.13. The molecule has 3 aromatic heterocycles. The second-order valence-electron chi connectivity index (χ2n) is 13.2. The summed E-state index contributed by atoms with van der Waals surface area (Å²) in [5.41, 5.74) is 8.35. The second-order valence-corrected chi connectivity index (χ2v) is 13.2. The molecule has 5 heteroatoms. The van der Waals surface area contributed by atoms with E-state index < -0.39 is 0 Å². The maximum Gasteiger partial charge on any atom is 0.164 e. The van der Waals surface area contributed by atoms with E-state index in [1.54, 1.807) is 0 Å². The fourth-order valence-corrected chi connectivity index (χ4v) is 7.66. The molecular formula is C47H27N3O2. The number of fused-ring (bicyclic) bond motifs is 9. The number of hydrogen-bond donors (Lipinski definition) is 0. The molecule has 0 bridgehead atoms. The van der Waals surface area contributed by atoms with Crippen molar-refractivity contribution < 1.29 is 8.83 Å². The van der Waals surface area contributed by atoms with E-state index >= 15 is 0 Å². The molecule has 0 amide bonds. The molecule has 0 aliphatic rings. The Kier molecular flexibility index (Phi) is 6.18. The van der Waals surface area contributed by atoms with Gasteiger partial charge in [-0.25, -0.2) is 15.0 Å². The summed E-state index contributed by atoms with van der Waals surface area (Å²) >= 11 is 0. The molecular weight excluding hydrogens is 639 g/mol. The first kappa shape index (κ1) is 28.7. The third-order valence-electron chi connectivity index (χ3n) is 10.1. The topological polar surface area (TPSA) is 65.0 Å². The van der Waals surface area contributed by atoms with E-state index in [0.717, 1.165) is 82.5 Å². The first-order chi connectivity index (χ1) is 25.7. The van der Waals surface area contributed by atoms with Gasteiger partial charge in [0.05, 0.1) is 0 Å². The van der Waals surface area contributed by atoms with Gasteiger partial charge in [-0.1, -0.05) is 127 Å². The van der Waals surface area contributed by atoms with Gasteiger partial charge in [-0.2, -0.15) is 0 Å². The van der Waals surface area contributed by atoms with Gasteiger partial charge < -0.3 is 8.83 Å². The summed E-state index contributed by atoms with van der Waals surface area (Å²) in [6.07, 6.45) is 0. The minimum Gasteiger partial charge on any atom is -0.456 e. The number of para-hydroxylation sites is 2. The van der Waals surface area contributed by atoms with Gasteiger partial charge in [0.25, 0.3) is 0 Å². The Morgan fingerprint density at radius 3 is 1.67 bits per heavy atom. The lowest BCUT2D eigenvalue weighted by atomic mass is 9.99. The quantitative estimate of drug-likeness (QED) is 0.187. The van der Waals surface area contributed by atoms with Crippen molar-refractivity contribution in [2.75, 3.05) is 0 Å². The lowest BCUT2D eigenvalue weighted by molar-refractivity contribution is 0.668. The third kappa shape index (κ3) is 4.46. The zero-order valence-corrected chi connectivity index (χ0v) is 27.7. The van der Waals surface area contributed by atoms with Gasteiger partial charge in [-0.3, -0.25) is 0 Å². The van der Waals surface area contributed by atoms with Gasteiger partial charge in [0, 0.05) is 38.2 Å². The average Bonchev–Trinajstić information content (AvgIpc) is 3.79. The van der Waals surface area contributed by atoms with Crippen LogP contribution in [-0.2, 0) is 0 Å². The van der Waals surface area contributed by atoms with Crippen LogP contribution in [0.25, 0.3) is 111 Å². The van der Waals surface area contributed by atoms with Crippen molar-refractivity contribution >= 4 is 65.4 Å². The molecule has 3 heterocycles. The Morgan fingerprint density at radius 2 is 0.865 bits per heavy atom. The zero-order chi connectivity index (χ0) is 34.2. The number of nitrogens with zero attached hydrogens (tertiary/aromatic N) is 3. The predicted molar refractivity (Wildman–Crippen MR) is 211 cm³/mol. The van der Waals surface area contributed by atoms with E-state index in [0.29, 0.717) is 17.5 Å². The largest absolute Gasteiger partial charge is 0.456 e. The van der Waals surface area contributed by atoms with Crippen LogP contribution in [0.1, 0.15) is 0 Å². The second kappa shape index (κ2) is 11.2. The summed E-state index contributed by atoms with van der Waals surface area (Å²) in [6, 6.07) is 56.4. The first-order valence-corrected chi connectivity index (χ1v) is 17.3. The van der Waals surface area contributed by atoms with Crippen molar-refractivity contribution in [2.24, 2.45) is 0 Å². The van der Waals surface area contributed by atoms with E-state index in [2.05, 4.69) is 115 Å². The van der Waals surface area contributed by atoms with Crippen LogP contribution in [0.15, 0.2) is 173 Å². The molecule has 0 atom stereocenters. The van der Waals surface area contributed by atoms with E-state index in [-0.39, 0.29) is 0 Å². The highest BCUT2D eigenvalue weighted by atomic mass is 16.3. The van der Waals surface area contributed by atoms with Crippen LogP contribution in [0.3, 0.4) is 0 Å². The van der Waals surface area contributed by atoms with Crippen LogP contribution in [0.5, 0.6) is 0 Å².